The van der Waals surface area contributed by atoms with Crippen LogP contribution in [-0.2, 0) is 11.2 Å². The van der Waals surface area contributed by atoms with E-state index in [-0.39, 0.29) is 17.6 Å². The molecule has 1 saturated heterocycles. The van der Waals surface area contributed by atoms with Crippen molar-refractivity contribution in [2.75, 3.05) is 18.4 Å². The van der Waals surface area contributed by atoms with Crippen LogP contribution in [0.25, 0.3) is 0 Å². The molecule has 23 heavy (non-hydrogen) atoms. The van der Waals surface area contributed by atoms with Crippen molar-refractivity contribution in [3.8, 4) is 0 Å². The molecule has 1 atom stereocenters. The topological polar surface area (TPSA) is 54.0 Å². The first kappa shape index (κ1) is 16.1. The lowest BCUT2D eigenvalue weighted by molar-refractivity contribution is -0.120. The fourth-order valence-electron chi connectivity index (χ4n) is 2.74. The maximum atomic E-state index is 13.8. The number of amides is 1. The Balaban J connectivity index is 1.68. The van der Waals surface area contributed by atoms with Crippen LogP contribution in [0.1, 0.15) is 29.0 Å². The Morgan fingerprint density at radius 2 is 2.30 bits per heavy atom. The molecule has 1 fully saturated rings. The van der Waals surface area contributed by atoms with Crippen molar-refractivity contribution >= 4 is 22.4 Å². The van der Waals surface area contributed by atoms with Gasteiger partial charge in [0.25, 0.3) is 0 Å². The molecule has 0 bridgehead atoms. The van der Waals surface area contributed by atoms with Crippen LogP contribution in [0.4, 0.5) is 9.52 Å². The molecule has 1 aromatic heterocycles. The summed E-state index contributed by atoms with van der Waals surface area (Å²) in [5.74, 6) is -0.189. The predicted molar refractivity (Wildman–Crippen MR) is 90.3 cm³/mol. The molecule has 122 valence electrons. The van der Waals surface area contributed by atoms with Gasteiger partial charge in [-0.1, -0.05) is 18.2 Å². The quantitative estimate of drug-likeness (QED) is 0.904. The molecule has 2 N–H and O–H groups in total. The minimum atomic E-state index is -0.209. The third kappa shape index (κ3) is 3.95. The molecule has 4 nitrogen and oxygen atoms in total. The summed E-state index contributed by atoms with van der Waals surface area (Å²) < 4.78 is 13.8. The first-order valence-electron chi connectivity index (χ1n) is 7.85. The van der Waals surface area contributed by atoms with Crippen LogP contribution in [0.2, 0.25) is 0 Å². The van der Waals surface area contributed by atoms with Crippen LogP contribution in [0.3, 0.4) is 0 Å². The molecule has 2 heterocycles. The van der Waals surface area contributed by atoms with E-state index in [1.165, 1.54) is 17.4 Å². The number of piperidine rings is 1. The van der Waals surface area contributed by atoms with Gasteiger partial charge in [-0.25, -0.2) is 9.37 Å². The predicted octanol–water partition coefficient (Wildman–Crippen LogP) is 3.12. The Kier molecular flexibility index (Phi) is 5.03. The molecule has 2 aromatic rings. The summed E-state index contributed by atoms with van der Waals surface area (Å²) >= 11 is 1.43. The number of thiazole rings is 1. The largest absolute Gasteiger partial charge is 0.316 e. The molecule has 1 amide bonds. The standard InChI is InChI=1S/C17H20FN3OS/c1-11-15(9-12-5-2-3-7-14(12)18)23-17(20-11)21-16(22)13-6-4-8-19-10-13/h2-3,5,7,13,19H,4,6,8-10H2,1H3,(H,20,21,22). The molecule has 6 heteroatoms. The van der Waals surface area contributed by atoms with E-state index in [4.69, 9.17) is 0 Å². The van der Waals surface area contributed by atoms with E-state index in [0.717, 1.165) is 36.5 Å². The number of hydrogen-bond donors (Lipinski definition) is 2. The van der Waals surface area contributed by atoms with Gasteiger partial charge in [0.15, 0.2) is 5.13 Å². The van der Waals surface area contributed by atoms with Crippen molar-refractivity contribution in [3.63, 3.8) is 0 Å². The van der Waals surface area contributed by atoms with Crippen LogP contribution in [0, 0.1) is 18.7 Å². The number of halogens is 1. The zero-order chi connectivity index (χ0) is 16.2. The zero-order valence-electron chi connectivity index (χ0n) is 13.1. The summed E-state index contributed by atoms with van der Waals surface area (Å²) in [5, 5.41) is 6.75. The van der Waals surface area contributed by atoms with Crippen molar-refractivity contribution < 1.29 is 9.18 Å². The third-order valence-corrected chi connectivity index (χ3v) is 5.17. The van der Waals surface area contributed by atoms with Crippen LogP contribution in [0.15, 0.2) is 24.3 Å². The van der Waals surface area contributed by atoms with Gasteiger partial charge >= 0.3 is 0 Å². The van der Waals surface area contributed by atoms with Gasteiger partial charge in [-0.2, -0.15) is 0 Å². The lowest BCUT2D eigenvalue weighted by Crippen LogP contribution is -2.37. The SMILES string of the molecule is Cc1nc(NC(=O)C2CCCNC2)sc1Cc1ccccc1F. The number of aryl methyl sites for hydroxylation is 1. The number of carbonyl (C=O) groups is 1. The summed E-state index contributed by atoms with van der Waals surface area (Å²) in [6, 6.07) is 6.75. The van der Waals surface area contributed by atoms with Crippen molar-refractivity contribution in [2.24, 2.45) is 5.92 Å². The second kappa shape index (κ2) is 7.19. The highest BCUT2D eigenvalue weighted by Gasteiger charge is 2.22. The van der Waals surface area contributed by atoms with Crippen LogP contribution >= 0.6 is 11.3 Å². The maximum absolute atomic E-state index is 13.8. The second-order valence-corrected chi connectivity index (χ2v) is 6.91. The molecule has 0 spiro atoms. The van der Waals surface area contributed by atoms with Crippen molar-refractivity contribution in [2.45, 2.75) is 26.2 Å². The highest BCUT2D eigenvalue weighted by molar-refractivity contribution is 7.15. The summed E-state index contributed by atoms with van der Waals surface area (Å²) in [4.78, 5) is 17.6. The summed E-state index contributed by atoms with van der Waals surface area (Å²) in [5.41, 5.74) is 1.49. The molecule has 3 rings (SSSR count). The number of aromatic nitrogens is 1. The fourth-order valence-corrected chi connectivity index (χ4v) is 3.73. The van der Waals surface area contributed by atoms with Gasteiger partial charge in [0.2, 0.25) is 5.91 Å². The summed E-state index contributed by atoms with van der Waals surface area (Å²) in [6.45, 7) is 3.59. The van der Waals surface area contributed by atoms with E-state index in [1.54, 1.807) is 12.1 Å². The van der Waals surface area contributed by atoms with E-state index >= 15 is 0 Å². The molecule has 1 aromatic carbocycles. The highest BCUT2D eigenvalue weighted by Crippen LogP contribution is 2.26. The Labute approximate surface area is 139 Å². The van der Waals surface area contributed by atoms with E-state index in [0.29, 0.717) is 17.1 Å². The maximum Gasteiger partial charge on any atom is 0.230 e. The Morgan fingerprint density at radius 1 is 1.48 bits per heavy atom. The second-order valence-electron chi connectivity index (χ2n) is 5.83. The minimum absolute atomic E-state index is 0.00275. The van der Waals surface area contributed by atoms with Crippen LogP contribution < -0.4 is 10.6 Å². The first-order valence-corrected chi connectivity index (χ1v) is 8.66. The molecule has 0 aliphatic carbocycles. The number of nitrogens with one attached hydrogen (secondary N) is 2. The van der Waals surface area contributed by atoms with E-state index in [2.05, 4.69) is 15.6 Å². The Morgan fingerprint density at radius 3 is 3.04 bits per heavy atom. The average Bonchev–Trinajstić information content (AvgIpc) is 2.90. The lowest BCUT2D eigenvalue weighted by Gasteiger charge is -2.21. The van der Waals surface area contributed by atoms with Crippen LogP contribution in [0.5, 0.6) is 0 Å². The number of anilines is 1. The molecule has 1 aliphatic rings. The number of nitrogens with zero attached hydrogens (tertiary/aromatic N) is 1. The lowest BCUT2D eigenvalue weighted by atomic mass is 9.99. The fraction of sp³-hybridized carbons (Fsp3) is 0.412. The number of hydrogen-bond acceptors (Lipinski definition) is 4. The molecular weight excluding hydrogens is 313 g/mol. The molecule has 1 aliphatic heterocycles. The number of rotatable bonds is 4. The normalized spacial score (nSPS) is 17.9. The number of carbonyl (C=O) groups excluding carboxylic acids is 1. The molecule has 1 unspecified atom stereocenters. The van der Waals surface area contributed by atoms with Crippen molar-refractivity contribution in [1.29, 1.82) is 0 Å². The van der Waals surface area contributed by atoms with Crippen LogP contribution in [-0.4, -0.2) is 24.0 Å². The molecular formula is C17H20FN3OS. The molecule has 0 saturated carbocycles. The number of benzene rings is 1. The molecule has 0 radical (unpaired) electrons. The van der Waals surface area contributed by atoms with Gasteiger partial charge < -0.3 is 10.6 Å². The summed E-state index contributed by atoms with van der Waals surface area (Å²) in [7, 11) is 0. The minimum Gasteiger partial charge on any atom is -0.316 e. The monoisotopic (exact) mass is 333 g/mol. The van der Waals surface area contributed by atoms with Gasteiger partial charge in [-0.05, 0) is 37.9 Å². The van der Waals surface area contributed by atoms with E-state index < -0.39 is 0 Å². The van der Waals surface area contributed by atoms with Gasteiger partial charge in [0, 0.05) is 17.8 Å². The van der Waals surface area contributed by atoms with Gasteiger partial charge in [0.05, 0.1) is 11.6 Å². The van der Waals surface area contributed by atoms with E-state index in [9.17, 15) is 9.18 Å². The van der Waals surface area contributed by atoms with Gasteiger partial charge in [0.1, 0.15) is 5.82 Å². The van der Waals surface area contributed by atoms with Crippen molar-refractivity contribution in [1.82, 2.24) is 10.3 Å². The highest BCUT2D eigenvalue weighted by atomic mass is 32.1. The zero-order valence-corrected chi connectivity index (χ0v) is 13.9. The summed E-state index contributed by atoms with van der Waals surface area (Å²) in [6.07, 6.45) is 2.43. The van der Waals surface area contributed by atoms with E-state index in [1.807, 2.05) is 13.0 Å². The average molecular weight is 333 g/mol. The van der Waals surface area contributed by atoms with Gasteiger partial charge in [-0.3, -0.25) is 4.79 Å². The third-order valence-electron chi connectivity index (χ3n) is 4.10. The van der Waals surface area contributed by atoms with Crippen molar-refractivity contribution in [3.05, 3.63) is 46.2 Å². The van der Waals surface area contributed by atoms with Gasteiger partial charge in [-0.15, -0.1) is 11.3 Å². The first-order chi connectivity index (χ1) is 11.1. The Hall–Kier alpha value is -1.79. The Bertz CT molecular complexity index is 695. The smallest absolute Gasteiger partial charge is 0.230 e.